The van der Waals surface area contributed by atoms with Gasteiger partial charge in [-0.3, -0.25) is 9.78 Å². The standard InChI is InChI=1S/C8H4BrClN2O/c9-6-7-4(3-12-8(6)13)5(10)1-2-11-7/h1-3H,(H,12,13). The van der Waals surface area contributed by atoms with Crippen LogP contribution in [0.3, 0.4) is 0 Å². The Bertz CT molecular complexity index is 523. The number of H-pyrrole nitrogens is 1. The Kier molecular flexibility index (Phi) is 2.09. The Morgan fingerprint density at radius 1 is 1.54 bits per heavy atom. The van der Waals surface area contributed by atoms with E-state index in [4.69, 9.17) is 11.6 Å². The Morgan fingerprint density at radius 3 is 3.08 bits per heavy atom. The third-order valence-electron chi connectivity index (χ3n) is 1.69. The summed E-state index contributed by atoms with van der Waals surface area (Å²) in [5.74, 6) is 0. The van der Waals surface area contributed by atoms with Crippen LogP contribution in [0.15, 0.2) is 27.7 Å². The van der Waals surface area contributed by atoms with E-state index in [0.717, 1.165) is 5.39 Å². The molecule has 0 fully saturated rings. The minimum Gasteiger partial charge on any atom is -0.327 e. The lowest BCUT2D eigenvalue weighted by atomic mass is 10.3. The zero-order chi connectivity index (χ0) is 9.42. The second-order valence-electron chi connectivity index (χ2n) is 2.49. The molecular weight excluding hydrogens is 255 g/mol. The lowest BCUT2D eigenvalue weighted by molar-refractivity contribution is 1.23. The van der Waals surface area contributed by atoms with Gasteiger partial charge in [0, 0.05) is 17.8 Å². The molecule has 0 aliphatic heterocycles. The summed E-state index contributed by atoms with van der Waals surface area (Å²) in [5, 5.41) is 1.30. The lowest BCUT2D eigenvalue weighted by Gasteiger charge is -1.99. The first-order valence-corrected chi connectivity index (χ1v) is 4.68. The minimum absolute atomic E-state index is 0.206. The Hall–Kier alpha value is -0.870. The van der Waals surface area contributed by atoms with Gasteiger partial charge < -0.3 is 4.98 Å². The molecule has 0 radical (unpaired) electrons. The predicted octanol–water partition coefficient (Wildman–Crippen LogP) is 2.34. The average molecular weight is 259 g/mol. The molecule has 5 heteroatoms. The summed E-state index contributed by atoms with van der Waals surface area (Å²) in [6.07, 6.45) is 3.12. The number of hydrogen-bond acceptors (Lipinski definition) is 2. The van der Waals surface area contributed by atoms with Crippen LogP contribution in [0.25, 0.3) is 10.9 Å². The highest BCUT2D eigenvalue weighted by atomic mass is 79.9. The maximum Gasteiger partial charge on any atom is 0.264 e. The molecule has 2 aromatic heterocycles. The summed E-state index contributed by atoms with van der Waals surface area (Å²) >= 11 is 9.05. The second-order valence-corrected chi connectivity index (χ2v) is 3.69. The molecule has 0 aliphatic carbocycles. The van der Waals surface area contributed by atoms with Gasteiger partial charge in [-0.1, -0.05) is 11.6 Å². The Balaban J connectivity index is 3.03. The highest BCUT2D eigenvalue weighted by Crippen LogP contribution is 2.23. The van der Waals surface area contributed by atoms with Gasteiger partial charge in [-0.15, -0.1) is 0 Å². The van der Waals surface area contributed by atoms with Gasteiger partial charge >= 0.3 is 0 Å². The molecule has 0 spiro atoms. The molecule has 0 bridgehead atoms. The predicted molar refractivity (Wildman–Crippen MR) is 55.1 cm³/mol. The number of hydrogen-bond donors (Lipinski definition) is 1. The van der Waals surface area contributed by atoms with E-state index >= 15 is 0 Å². The second kappa shape index (κ2) is 3.12. The van der Waals surface area contributed by atoms with Gasteiger partial charge in [0.2, 0.25) is 0 Å². The molecule has 0 aromatic carbocycles. The monoisotopic (exact) mass is 258 g/mol. The molecule has 0 saturated heterocycles. The molecule has 2 aromatic rings. The van der Waals surface area contributed by atoms with Crippen LogP contribution in [0.2, 0.25) is 5.02 Å². The molecule has 0 amide bonds. The summed E-state index contributed by atoms with van der Waals surface area (Å²) in [7, 11) is 0. The first kappa shape index (κ1) is 8.72. The van der Waals surface area contributed by atoms with Crippen LogP contribution >= 0.6 is 27.5 Å². The van der Waals surface area contributed by atoms with Crippen molar-refractivity contribution >= 4 is 38.4 Å². The van der Waals surface area contributed by atoms with Crippen LogP contribution in [0.5, 0.6) is 0 Å². The van der Waals surface area contributed by atoms with Crippen molar-refractivity contribution < 1.29 is 0 Å². The molecule has 2 rings (SSSR count). The molecule has 2 heterocycles. The molecule has 0 aliphatic rings. The van der Waals surface area contributed by atoms with Gasteiger partial charge in [-0.2, -0.15) is 0 Å². The average Bonchev–Trinajstić information content (AvgIpc) is 2.12. The van der Waals surface area contributed by atoms with Crippen molar-refractivity contribution in [3.05, 3.63) is 38.3 Å². The maximum atomic E-state index is 11.2. The van der Waals surface area contributed by atoms with Gasteiger partial charge in [-0.25, -0.2) is 0 Å². The number of aromatic amines is 1. The molecule has 66 valence electrons. The number of aromatic nitrogens is 2. The van der Waals surface area contributed by atoms with Crippen molar-refractivity contribution in [1.29, 1.82) is 0 Å². The zero-order valence-electron chi connectivity index (χ0n) is 6.34. The van der Waals surface area contributed by atoms with Gasteiger partial charge in [0.25, 0.3) is 5.56 Å². The number of halogens is 2. The van der Waals surface area contributed by atoms with E-state index in [0.29, 0.717) is 15.0 Å². The quantitative estimate of drug-likeness (QED) is 0.789. The molecule has 1 N–H and O–H groups in total. The molecule has 0 saturated carbocycles. The van der Waals surface area contributed by atoms with E-state index < -0.39 is 0 Å². The van der Waals surface area contributed by atoms with Crippen LogP contribution in [0, 0.1) is 0 Å². The van der Waals surface area contributed by atoms with Crippen molar-refractivity contribution in [3.8, 4) is 0 Å². The minimum atomic E-state index is -0.206. The molecular formula is C8H4BrClN2O. The highest BCUT2D eigenvalue weighted by molar-refractivity contribution is 9.10. The fraction of sp³-hybridized carbons (Fsp3) is 0. The smallest absolute Gasteiger partial charge is 0.264 e. The van der Waals surface area contributed by atoms with Crippen LogP contribution in [0.4, 0.5) is 0 Å². The van der Waals surface area contributed by atoms with E-state index in [9.17, 15) is 4.79 Å². The number of nitrogens with zero attached hydrogens (tertiary/aromatic N) is 1. The van der Waals surface area contributed by atoms with Crippen LogP contribution < -0.4 is 5.56 Å². The summed E-state index contributed by atoms with van der Waals surface area (Å²) in [6.45, 7) is 0. The summed E-state index contributed by atoms with van der Waals surface area (Å²) in [4.78, 5) is 17.8. The lowest BCUT2D eigenvalue weighted by Crippen LogP contribution is -2.06. The third-order valence-corrected chi connectivity index (χ3v) is 2.76. The molecule has 3 nitrogen and oxygen atoms in total. The molecule has 0 unspecified atom stereocenters. The van der Waals surface area contributed by atoms with Crippen molar-refractivity contribution in [2.75, 3.05) is 0 Å². The third kappa shape index (κ3) is 1.36. The fourth-order valence-corrected chi connectivity index (χ4v) is 1.70. The highest BCUT2D eigenvalue weighted by Gasteiger charge is 2.05. The largest absolute Gasteiger partial charge is 0.327 e. The Morgan fingerprint density at radius 2 is 2.31 bits per heavy atom. The number of nitrogens with one attached hydrogen (secondary N) is 1. The number of fused-ring (bicyclic) bond motifs is 1. The summed E-state index contributed by atoms with van der Waals surface area (Å²) in [5.41, 5.74) is 0.374. The molecule has 0 atom stereocenters. The van der Waals surface area contributed by atoms with Gasteiger partial charge in [0.15, 0.2) is 0 Å². The van der Waals surface area contributed by atoms with E-state index in [1.165, 1.54) is 0 Å². The van der Waals surface area contributed by atoms with Gasteiger partial charge in [-0.05, 0) is 22.0 Å². The van der Waals surface area contributed by atoms with Crippen molar-refractivity contribution in [2.24, 2.45) is 0 Å². The van der Waals surface area contributed by atoms with Crippen LogP contribution in [-0.2, 0) is 0 Å². The van der Waals surface area contributed by atoms with E-state index in [1.807, 2.05) is 0 Å². The van der Waals surface area contributed by atoms with Gasteiger partial charge in [0.1, 0.15) is 4.47 Å². The SMILES string of the molecule is O=c1[nH]cc2c(Cl)ccnc2c1Br. The van der Waals surface area contributed by atoms with Crippen molar-refractivity contribution in [3.63, 3.8) is 0 Å². The zero-order valence-corrected chi connectivity index (χ0v) is 8.69. The van der Waals surface area contributed by atoms with E-state index in [-0.39, 0.29) is 5.56 Å². The maximum absolute atomic E-state index is 11.2. The molecule has 13 heavy (non-hydrogen) atoms. The van der Waals surface area contributed by atoms with Gasteiger partial charge in [0.05, 0.1) is 10.5 Å². The van der Waals surface area contributed by atoms with E-state index in [1.54, 1.807) is 18.5 Å². The first-order chi connectivity index (χ1) is 6.20. The van der Waals surface area contributed by atoms with Crippen molar-refractivity contribution in [2.45, 2.75) is 0 Å². The summed E-state index contributed by atoms with van der Waals surface area (Å²) < 4.78 is 0.410. The topological polar surface area (TPSA) is 45.8 Å². The van der Waals surface area contributed by atoms with E-state index in [2.05, 4.69) is 25.9 Å². The van der Waals surface area contributed by atoms with Crippen molar-refractivity contribution in [1.82, 2.24) is 9.97 Å². The van der Waals surface area contributed by atoms with Crippen LogP contribution in [0.1, 0.15) is 0 Å². The number of pyridine rings is 2. The first-order valence-electron chi connectivity index (χ1n) is 3.51. The number of rotatable bonds is 0. The Labute approximate surface area is 86.9 Å². The van der Waals surface area contributed by atoms with Crippen LogP contribution in [-0.4, -0.2) is 9.97 Å². The summed E-state index contributed by atoms with van der Waals surface area (Å²) in [6, 6.07) is 1.68. The normalized spacial score (nSPS) is 10.6. The fourth-order valence-electron chi connectivity index (χ4n) is 1.07.